The Morgan fingerprint density at radius 3 is 2.36 bits per heavy atom. The van der Waals surface area contributed by atoms with Gasteiger partial charge in [0, 0.05) is 6.54 Å². The van der Waals surface area contributed by atoms with Crippen molar-refractivity contribution in [1.82, 2.24) is 5.32 Å². The molecule has 0 spiro atoms. The first-order valence-electron chi connectivity index (χ1n) is 5.20. The van der Waals surface area contributed by atoms with E-state index in [1.165, 1.54) is 16.7 Å². The van der Waals surface area contributed by atoms with Gasteiger partial charge >= 0.3 is 0 Å². The first-order valence-corrected chi connectivity index (χ1v) is 5.20. The van der Waals surface area contributed by atoms with Crippen LogP contribution in [0.5, 0.6) is 0 Å². The molecule has 0 fully saturated rings. The lowest BCUT2D eigenvalue weighted by atomic mass is 10.1. The lowest BCUT2D eigenvalue weighted by Crippen LogP contribution is -2.17. The second kappa shape index (κ2) is 5.78. The fourth-order valence-electron chi connectivity index (χ4n) is 1.63. The van der Waals surface area contributed by atoms with Crippen molar-refractivity contribution < 1.29 is 0 Å². The number of aryl methyl sites for hydroxylation is 2. The summed E-state index contributed by atoms with van der Waals surface area (Å²) >= 11 is 0. The van der Waals surface area contributed by atoms with Crippen LogP contribution in [-0.2, 0) is 6.54 Å². The van der Waals surface area contributed by atoms with Crippen LogP contribution in [0.1, 0.15) is 23.1 Å². The Labute approximate surface area is 86.5 Å². The third-order valence-corrected chi connectivity index (χ3v) is 2.17. The highest BCUT2D eigenvalue weighted by molar-refractivity contribution is 5.28. The maximum atomic E-state index is 5.42. The van der Waals surface area contributed by atoms with Gasteiger partial charge in [0.15, 0.2) is 0 Å². The normalized spacial score (nSPS) is 10.5. The summed E-state index contributed by atoms with van der Waals surface area (Å²) < 4.78 is 0. The lowest BCUT2D eigenvalue weighted by Gasteiger charge is -2.06. The van der Waals surface area contributed by atoms with Crippen molar-refractivity contribution in [3.63, 3.8) is 0 Å². The van der Waals surface area contributed by atoms with Crippen LogP contribution in [0.4, 0.5) is 0 Å². The number of nitrogens with two attached hydrogens (primary N) is 1. The highest BCUT2D eigenvalue weighted by atomic mass is 14.8. The molecule has 3 N–H and O–H groups in total. The maximum absolute atomic E-state index is 5.42. The Bertz CT molecular complexity index is 261. The Kier molecular flexibility index (Phi) is 4.63. The molecule has 1 rings (SSSR count). The van der Waals surface area contributed by atoms with Gasteiger partial charge in [-0.25, -0.2) is 0 Å². The molecule has 14 heavy (non-hydrogen) atoms. The van der Waals surface area contributed by atoms with Crippen molar-refractivity contribution in [2.75, 3.05) is 13.1 Å². The zero-order valence-electron chi connectivity index (χ0n) is 9.14. The van der Waals surface area contributed by atoms with Gasteiger partial charge in [-0.05, 0) is 38.9 Å². The summed E-state index contributed by atoms with van der Waals surface area (Å²) in [6.45, 7) is 6.98. The molecule has 78 valence electrons. The molecular formula is C12H20N2. The quantitative estimate of drug-likeness (QED) is 0.697. The number of hydrogen-bond acceptors (Lipinski definition) is 2. The Balaban J connectivity index is 2.42. The summed E-state index contributed by atoms with van der Waals surface area (Å²) in [5, 5.41) is 3.38. The highest BCUT2D eigenvalue weighted by Crippen LogP contribution is 2.08. The van der Waals surface area contributed by atoms with E-state index >= 15 is 0 Å². The third kappa shape index (κ3) is 3.90. The zero-order chi connectivity index (χ0) is 10.4. The van der Waals surface area contributed by atoms with Crippen molar-refractivity contribution in [3.8, 4) is 0 Å². The maximum Gasteiger partial charge on any atom is 0.0205 e. The summed E-state index contributed by atoms with van der Waals surface area (Å²) in [5.74, 6) is 0. The zero-order valence-corrected chi connectivity index (χ0v) is 9.14. The number of nitrogens with one attached hydrogen (secondary N) is 1. The summed E-state index contributed by atoms with van der Waals surface area (Å²) in [6, 6.07) is 6.65. The van der Waals surface area contributed by atoms with E-state index in [9.17, 15) is 0 Å². The molecule has 0 aliphatic rings. The van der Waals surface area contributed by atoms with Gasteiger partial charge in [0.2, 0.25) is 0 Å². The molecule has 0 bridgehead atoms. The Morgan fingerprint density at radius 1 is 1.14 bits per heavy atom. The first-order chi connectivity index (χ1) is 6.72. The van der Waals surface area contributed by atoms with E-state index in [1.807, 2.05) is 0 Å². The van der Waals surface area contributed by atoms with Crippen LogP contribution < -0.4 is 11.1 Å². The molecule has 0 amide bonds. The van der Waals surface area contributed by atoms with Crippen LogP contribution >= 0.6 is 0 Å². The summed E-state index contributed by atoms with van der Waals surface area (Å²) in [7, 11) is 0. The van der Waals surface area contributed by atoms with Crippen molar-refractivity contribution in [3.05, 3.63) is 34.9 Å². The minimum atomic E-state index is 0.764. The fraction of sp³-hybridized carbons (Fsp3) is 0.500. The first kappa shape index (κ1) is 11.2. The van der Waals surface area contributed by atoms with Gasteiger partial charge in [0.05, 0.1) is 0 Å². The molecular weight excluding hydrogens is 172 g/mol. The number of rotatable bonds is 5. The minimum Gasteiger partial charge on any atom is -0.330 e. The molecule has 0 saturated carbocycles. The van der Waals surface area contributed by atoms with Crippen molar-refractivity contribution in [1.29, 1.82) is 0 Å². The smallest absolute Gasteiger partial charge is 0.0205 e. The predicted molar refractivity (Wildman–Crippen MR) is 61.3 cm³/mol. The monoisotopic (exact) mass is 192 g/mol. The highest BCUT2D eigenvalue weighted by Gasteiger charge is 1.95. The van der Waals surface area contributed by atoms with Crippen molar-refractivity contribution in [2.24, 2.45) is 5.73 Å². The van der Waals surface area contributed by atoms with Gasteiger partial charge < -0.3 is 11.1 Å². The van der Waals surface area contributed by atoms with Gasteiger partial charge in [-0.15, -0.1) is 0 Å². The molecule has 0 atom stereocenters. The SMILES string of the molecule is Cc1cc(C)cc(CNCCCN)c1. The molecule has 0 heterocycles. The summed E-state index contributed by atoms with van der Waals surface area (Å²) in [6.07, 6.45) is 1.05. The van der Waals surface area contributed by atoms with E-state index in [0.29, 0.717) is 0 Å². The Morgan fingerprint density at radius 2 is 1.79 bits per heavy atom. The Hall–Kier alpha value is -0.860. The van der Waals surface area contributed by atoms with Gasteiger partial charge in [-0.1, -0.05) is 29.3 Å². The fourth-order valence-corrected chi connectivity index (χ4v) is 1.63. The second-order valence-electron chi connectivity index (χ2n) is 3.81. The average molecular weight is 192 g/mol. The van der Waals surface area contributed by atoms with Gasteiger partial charge in [-0.2, -0.15) is 0 Å². The molecule has 1 aromatic rings. The van der Waals surface area contributed by atoms with E-state index in [-0.39, 0.29) is 0 Å². The van der Waals surface area contributed by atoms with Gasteiger partial charge in [0.1, 0.15) is 0 Å². The molecule has 0 radical (unpaired) electrons. The third-order valence-electron chi connectivity index (χ3n) is 2.17. The van der Waals surface area contributed by atoms with Crippen molar-refractivity contribution >= 4 is 0 Å². The molecule has 0 unspecified atom stereocenters. The van der Waals surface area contributed by atoms with Crippen LogP contribution in [0.2, 0.25) is 0 Å². The lowest BCUT2D eigenvalue weighted by molar-refractivity contribution is 0.655. The van der Waals surface area contributed by atoms with Gasteiger partial charge in [0.25, 0.3) is 0 Å². The molecule has 0 aliphatic carbocycles. The summed E-state index contributed by atoms with van der Waals surface area (Å²) in [5.41, 5.74) is 9.44. The van der Waals surface area contributed by atoms with E-state index in [2.05, 4.69) is 37.4 Å². The van der Waals surface area contributed by atoms with Crippen LogP contribution in [0.15, 0.2) is 18.2 Å². The van der Waals surface area contributed by atoms with Crippen LogP contribution in [0.3, 0.4) is 0 Å². The predicted octanol–water partition coefficient (Wildman–Crippen LogP) is 1.74. The molecule has 0 aromatic heterocycles. The average Bonchev–Trinajstić information content (AvgIpc) is 2.11. The molecule has 2 nitrogen and oxygen atoms in total. The molecule has 0 aliphatic heterocycles. The summed E-state index contributed by atoms with van der Waals surface area (Å²) in [4.78, 5) is 0. The van der Waals surface area contributed by atoms with E-state index in [4.69, 9.17) is 5.73 Å². The molecule has 0 saturated heterocycles. The standard InChI is InChI=1S/C12H20N2/c1-10-6-11(2)8-12(7-10)9-14-5-3-4-13/h6-8,14H,3-5,9,13H2,1-2H3. The van der Waals surface area contributed by atoms with Crippen molar-refractivity contribution in [2.45, 2.75) is 26.8 Å². The minimum absolute atomic E-state index is 0.764. The molecule has 1 aromatic carbocycles. The van der Waals surface area contributed by atoms with E-state index in [0.717, 1.165) is 26.1 Å². The second-order valence-corrected chi connectivity index (χ2v) is 3.81. The van der Waals surface area contributed by atoms with E-state index < -0.39 is 0 Å². The largest absolute Gasteiger partial charge is 0.330 e. The molecule has 2 heteroatoms. The topological polar surface area (TPSA) is 38.0 Å². The number of benzene rings is 1. The number of hydrogen-bond donors (Lipinski definition) is 2. The van der Waals surface area contributed by atoms with Gasteiger partial charge in [-0.3, -0.25) is 0 Å². The van der Waals surface area contributed by atoms with E-state index in [1.54, 1.807) is 0 Å². The van der Waals surface area contributed by atoms with Crippen LogP contribution in [0.25, 0.3) is 0 Å². The van der Waals surface area contributed by atoms with Crippen LogP contribution in [0, 0.1) is 13.8 Å². The van der Waals surface area contributed by atoms with Crippen LogP contribution in [-0.4, -0.2) is 13.1 Å².